The molecule has 2 heterocycles. The molecule has 0 saturated heterocycles. The van der Waals surface area contributed by atoms with Gasteiger partial charge in [0.1, 0.15) is 12.0 Å². The monoisotopic (exact) mass is 420 g/mol. The van der Waals surface area contributed by atoms with Gasteiger partial charge in [-0.25, -0.2) is 9.98 Å². The number of nitrogens with zero attached hydrogens (tertiary/aromatic N) is 4. The quantitative estimate of drug-likeness (QED) is 0.408. The van der Waals surface area contributed by atoms with Gasteiger partial charge in [0.15, 0.2) is 5.96 Å². The summed E-state index contributed by atoms with van der Waals surface area (Å²) in [7, 11) is 1.79. The maximum Gasteiger partial charge on any atom is 0.241 e. The second-order valence-corrected chi connectivity index (χ2v) is 6.95. The highest BCUT2D eigenvalue weighted by Gasteiger charge is 2.11. The Hall–Kier alpha value is -3.68. The number of aromatic nitrogens is 2. The van der Waals surface area contributed by atoms with E-state index in [9.17, 15) is 4.79 Å². The molecular formula is C23H28N6O2. The fourth-order valence-corrected chi connectivity index (χ4v) is 2.84. The minimum Gasteiger partial charge on any atom is -0.444 e. The van der Waals surface area contributed by atoms with Crippen molar-refractivity contribution in [3.8, 4) is 11.5 Å². The smallest absolute Gasteiger partial charge is 0.241 e. The number of guanidine groups is 1. The number of benzene rings is 1. The number of aliphatic imine (C=N–C) groups is 1. The van der Waals surface area contributed by atoms with Crippen LogP contribution in [0.25, 0.3) is 11.5 Å². The van der Waals surface area contributed by atoms with Crippen molar-refractivity contribution in [3.05, 3.63) is 72.4 Å². The maximum absolute atomic E-state index is 12.4. The van der Waals surface area contributed by atoms with Gasteiger partial charge in [-0.3, -0.25) is 9.78 Å². The summed E-state index contributed by atoms with van der Waals surface area (Å²) in [5.74, 6) is 1.10. The Labute approximate surface area is 182 Å². The van der Waals surface area contributed by atoms with E-state index >= 15 is 0 Å². The van der Waals surface area contributed by atoms with E-state index in [0.717, 1.165) is 17.0 Å². The van der Waals surface area contributed by atoms with E-state index in [1.54, 1.807) is 24.4 Å². The Morgan fingerprint density at radius 3 is 2.65 bits per heavy atom. The predicted molar refractivity (Wildman–Crippen MR) is 120 cm³/mol. The van der Waals surface area contributed by atoms with E-state index < -0.39 is 0 Å². The van der Waals surface area contributed by atoms with E-state index in [1.807, 2.05) is 55.5 Å². The highest BCUT2D eigenvalue weighted by Crippen LogP contribution is 2.18. The second-order valence-electron chi connectivity index (χ2n) is 6.95. The van der Waals surface area contributed by atoms with Crippen molar-refractivity contribution < 1.29 is 9.21 Å². The molecule has 3 rings (SSSR count). The summed E-state index contributed by atoms with van der Waals surface area (Å²) in [5.41, 5.74) is 2.60. The second kappa shape index (κ2) is 11.5. The summed E-state index contributed by atoms with van der Waals surface area (Å²) in [6.07, 6.45) is 4.08. The van der Waals surface area contributed by atoms with Crippen molar-refractivity contribution in [1.82, 2.24) is 25.5 Å². The average molecular weight is 421 g/mol. The molecule has 162 valence electrons. The molecule has 8 heteroatoms. The van der Waals surface area contributed by atoms with Gasteiger partial charge in [-0.1, -0.05) is 24.3 Å². The Bertz CT molecular complexity index is 972. The van der Waals surface area contributed by atoms with Crippen LogP contribution in [0, 0.1) is 0 Å². The standard InChI is InChI=1S/C23H28N6O2/c1-3-24-23(26-15-20-17-31-22(28-20)18-9-5-4-6-10-18)27-16-21(30)29(2)14-12-19-11-7-8-13-25-19/h4-11,13,17H,3,12,14-16H2,1-2H3,(H2,24,26,27). The van der Waals surface area contributed by atoms with Crippen LogP contribution >= 0.6 is 0 Å². The first kappa shape index (κ1) is 22.0. The topological polar surface area (TPSA) is 95.7 Å². The first-order chi connectivity index (χ1) is 15.2. The summed E-state index contributed by atoms with van der Waals surface area (Å²) in [6.45, 7) is 3.76. The van der Waals surface area contributed by atoms with Crippen LogP contribution in [-0.4, -0.2) is 53.4 Å². The lowest BCUT2D eigenvalue weighted by molar-refractivity contribution is -0.128. The van der Waals surface area contributed by atoms with Gasteiger partial charge in [0, 0.05) is 44.0 Å². The Balaban J connectivity index is 1.50. The van der Waals surface area contributed by atoms with Gasteiger partial charge in [-0.05, 0) is 31.2 Å². The van der Waals surface area contributed by atoms with Gasteiger partial charge in [-0.15, -0.1) is 0 Å². The molecule has 0 bridgehead atoms. The lowest BCUT2D eigenvalue weighted by Crippen LogP contribution is -2.44. The van der Waals surface area contributed by atoms with E-state index in [1.165, 1.54) is 0 Å². The van der Waals surface area contributed by atoms with Crippen molar-refractivity contribution in [3.63, 3.8) is 0 Å². The molecule has 1 amide bonds. The summed E-state index contributed by atoms with van der Waals surface area (Å²) in [5, 5.41) is 6.23. The highest BCUT2D eigenvalue weighted by molar-refractivity contribution is 5.86. The van der Waals surface area contributed by atoms with E-state index in [2.05, 4.69) is 25.6 Å². The first-order valence-electron chi connectivity index (χ1n) is 10.3. The first-order valence-corrected chi connectivity index (χ1v) is 10.3. The largest absolute Gasteiger partial charge is 0.444 e. The molecule has 0 spiro atoms. The number of rotatable bonds is 9. The SMILES string of the molecule is CCNC(=NCc1coc(-c2ccccc2)n1)NCC(=O)N(C)CCc1ccccn1. The van der Waals surface area contributed by atoms with Gasteiger partial charge in [0.2, 0.25) is 11.8 Å². The van der Waals surface area contributed by atoms with Crippen molar-refractivity contribution in [2.75, 3.05) is 26.7 Å². The van der Waals surface area contributed by atoms with Crippen LogP contribution in [0.4, 0.5) is 0 Å². The van der Waals surface area contributed by atoms with Crippen LogP contribution in [-0.2, 0) is 17.8 Å². The highest BCUT2D eigenvalue weighted by atomic mass is 16.3. The van der Waals surface area contributed by atoms with Crippen LogP contribution in [0.1, 0.15) is 18.3 Å². The van der Waals surface area contributed by atoms with Crippen molar-refractivity contribution in [1.29, 1.82) is 0 Å². The average Bonchev–Trinajstić information content (AvgIpc) is 3.29. The van der Waals surface area contributed by atoms with Gasteiger partial charge < -0.3 is 20.0 Å². The number of pyridine rings is 1. The normalized spacial score (nSPS) is 11.2. The number of hydrogen-bond acceptors (Lipinski definition) is 5. The zero-order valence-electron chi connectivity index (χ0n) is 17.9. The van der Waals surface area contributed by atoms with Gasteiger partial charge in [0.05, 0.1) is 13.1 Å². The molecule has 2 N–H and O–H groups in total. The minimum atomic E-state index is -0.0191. The zero-order valence-corrected chi connectivity index (χ0v) is 17.9. The molecule has 0 radical (unpaired) electrons. The molecule has 3 aromatic rings. The Morgan fingerprint density at radius 1 is 1.10 bits per heavy atom. The van der Waals surface area contributed by atoms with Crippen molar-refractivity contribution in [2.45, 2.75) is 19.9 Å². The van der Waals surface area contributed by atoms with E-state index in [0.29, 0.717) is 37.9 Å². The third-order valence-electron chi connectivity index (χ3n) is 4.58. The van der Waals surface area contributed by atoms with Gasteiger partial charge >= 0.3 is 0 Å². The lowest BCUT2D eigenvalue weighted by atomic mass is 10.2. The van der Waals surface area contributed by atoms with Crippen LogP contribution in [0.5, 0.6) is 0 Å². The predicted octanol–water partition coefficient (Wildman–Crippen LogP) is 2.49. The van der Waals surface area contributed by atoms with Crippen LogP contribution < -0.4 is 10.6 Å². The fraction of sp³-hybridized carbons (Fsp3) is 0.304. The molecule has 8 nitrogen and oxygen atoms in total. The number of nitrogens with one attached hydrogen (secondary N) is 2. The summed E-state index contributed by atoms with van der Waals surface area (Å²) >= 11 is 0. The van der Waals surface area contributed by atoms with E-state index in [-0.39, 0.29) is 12.5 Å². The van der Waals surface area contributed by atoms with Crippen molar-refractivity contribution in [2.24, 2.45) is 4.99 Å². The summed E-state index contributed by atoms with van der Waals surface area (Å²) in [4.78, 5) is 27.4. The molecule has 0 fully saturated rings. The lowest BCUT2D eigenvalue weighted by Gasteiger charge is -2.18. The molecule has 0 atom stereocenters. The number of oxazole rings is 1. The molecule has 0 aliphatic carbocycles. The number of amides is 1. The Kier molecular flexibility index (Phi) is 8.16. The Morgan fingerprint density at radius 2 is 1.90 bits per heavy atom. The van der Waals surface area contributed by atoms with Crippen molar-refractivity contribution >= 4 is 11.9 Å². The van der Waals surface area contributed by atoms with Crippen LogP contribution in [0.3, 0.4) is 0 Å². The van der Waals surface area contributed by atoms with Gasteiger partial charge in [-0.2, -0.15) is 0 Å². The number of carbonyl (C=O) groups excluding carboxylic acids is 1. The van der Waals surface area contributed by atoms with Crippen LogP contribution in [0.15, 0.2) is 70.4 Å². The number of hydrogen-bond donors (Lipinski definition) is 2. The van der Waals surface area contributed by atoms with E-state index in [4.69, 9.17) is 4.42 Å². The zero-order chi connectivity index (χ0) is 21.9. The molecule has 0 unspecified atom stereocenters. The van der Waals surface area contributed by atoms with Crippen LogP contribution in [0.2, 0.25) is 0 Å². The maximum atomic E-state index is 12.4. The summed E-state index contributed by atoms with van der Waals surface area (Å²) < 4.78 is 5.55. The molecule has 0 aliphatic heterocycles. The van der Waals surface area contributed by atoms with Gasteiger partial charge in [0.25, 0.3) is 0 Å². The number of likely N-dealkylation sites (N-methyl/N-ethyl adjacent to an activating group) is 1. The minimum absolute atomic E-state index is 0.0191. The molecule has 31 heavy (non-hydrogen) atoms. The summed E-state index contributed by atoms with van der Waals surface area (Å²) in [6, 6.07) is 15.5. The third-order valence-corrected chi connectivity index (χ3v) is 4.58. The molecule has 1 aromatic carbocycles. The third kappa shape index (κ3) is 6.95. The number of carbonyl (C=O) groups is 1. The molecule has 0 saturated carbocycles. The molecule has 2 aromatic heterocycles. The fourth-order valence-electron chi connectivity index (χ4n) is 2.84. The molecular weight excluding hydrogens is 392 g/mol. The molecule has 0 aliphatic rings.